The molecular weight excluding hydrogens is 331 g/mol. The molecule has 3 rings (SSSR count). The Balaban J connectivity index is 1.91. The zero-order valence-corrected chi connectivity index (χ0v) is 16.0. The molecule has 1 aliphatic rings. The Hall–Kier alpha value is -2.18. The number of anilines is 2. The predicted molar refractivity (Wildman–Crippen MR) is 104 cm³/mol. The van der Waals surface area contributed by atoms with Crippen molar-refractivity contribution in [3.05, 3.63) is 17.7 Å². The van der Waals surface area contributed by atoms with E-state index in [2.05, 4.69) is 37.1 Å². The maximum Gasteiger partial charge on any atom is 0.224 e. The number of aryl methyl sites for hydroxylation is 1. The van der Waals surface area contributed by atoms with Crippen LogP contribution in [0.3, 0.4) is 0 Å². The number of allylic oxidation sites excluding steroid dienone is 2. The van der Waals surface area contributed by atoms with Gasteiger partial charge in [0.1, 0.15) is 11.3 Å². The van der Waals surface area contributed by atoms with Crippen molar-refractivity contribution in [2.45, 2.75) is 78.3 Å². The molecule has 0 radical (unpaired) electrons. The van der Waals surface area contributed by atoms with Crippen LogP contribution in [0.4, 0.5) is 16.3 Å². The Kier molecular flexibility index (Phi) is 6.06. The van der Waals surface area contributed by atoms with Crippen LogP contribution in [0.15, 0.2) is 17.7 Å². The normalized spacial score (nSPS) is 15.2. The van der Waals surface area contributed by atoms with Gasteiger partial charge in [0.05, 0.1) is 6.20 Å². The van der Waals surface area contributed by atoms with Gasteiger partial charge in [0.15, 0.2) is 5.65 Å². The van der Waals surface area contributed by atoms with Crippen LogP contribution in [0, 0.1) is 0 Å². The van der Waals surface area contributed by atoms with Gasteiger partial charge in [-0.1, -0.05) is 33.1 Å². The van der Waals surface area contributed by atoms with Crippen molar-refractivity contribution in [3.8, 4) is 0 Å². The number of nitrogens with zero attached hydrogens (tertiary/aromatic N) is 4. The van der Waals surface area contributed by atoms with E-state index < -0.39 is 0 Å². The van der Waals surface area contributed by atoms with Crippen molar-refractivity contribution < 1.29 is 4.39 Å². The summed E-state index contributed by atoms with van der Waals surface area (Å²) in [4.78, 5) is 13.7. The summed E-state index contributed by atoms with van der Waals surface area (Å²) in [5.74, 6) is 1.08. The van der Waals surface area contributed by atoms with Crippen LogP contribution in [0.5, 0.6) is 0 Å². The third kappa shape index (κ3) is 4.51. The van der Waals surface area contributed by atoms with Crippen molar-refractivity contribution in [2.24, 2.45) is 0 Å². The number of fused-ring (bicyclic) bond motifs is 1. The van der Waals surface area contributed by atoms with E-state index in [1.165, 1.54) is 32.6 Å². The molecule has 1 fully saturated rings. The van der Waals surface area contributed by atoms with E-state index in [0.717, 1.165) is 30.6 Å². The van der Waals surface area contributed by atoms with Gasteiger partial charge in [0, 0.05) is 18.3 Å². The molecule has 2 heterocycles. The Bertz CT molecular complexity index is 774. The third-order valence-electron chi connectivity index (χ3n) is 4.67. The third-order valence-corrected chi connectivity index (χ3v) is 4.67. The minimum atomic E-state index is -0.209. The molecule has 0 aromatic carbocycles. The summed E-state index contributed by atoms with van der Waals surface area (Å²) in [5.41, 5.74) is 2.09. The first kappa shape index (κ1) is 18.6. The van der Waals surface area contributed by atoms with Crippen molar-refractivity contribution in [3.63, 3.8) is 0 Å². The second-order valence-electron chi connectivity index (χ2n) is 6.96. The minimum Gasteiger partial charge on any atom is -0.351 e. The molecule has 0 amide bonds. The summed E-state index contributed by atoms with van der Waals surface area (Å²) in [7, 11) is 0. The fraction of sp³-hybridized carbons (Fsp3) is 0.632. The van der Waals surface area contributed by atoms with E-state index in [0.29, 0.717) is 30.1 Å². The van der Waals surface area contributed by atoms with E-state index in [-0.39, 0.29) is 5.83 Å². The monoisotopic (exact) mass is 360 g/mol. The van der Waals surface area contributed by atoms with E-state index >= 15 is 0 Å². The molecule has 0 unspecified atom stereocenters. The Morgan fingerprint density at radius 3 is 2.69 bits per heavy atom. The zero-order chi connectivity index (χ0) is 18.5. The SMILES string of the molecule is CCCCCCn1c(N/C(CC)=C(/C)F)nc2cnc(NC3CC3)nc21. The highest BCUT2D eigenvalue weighted by atomic mass is 19.1. The minimum absolute atomic E-state index is 0.209. The number of imidazole rings is 1. The van der Waals surface area contributed by atoms with Gasteiger partial charge in [-0.15, -0.1) is 0 Å². The van der Waals surface area contributed by atoms with Gasteiger partial charge < -0.3 is 10.6 Å². The number of hydrogen-bond acceptors (Lipinski definition) is 5. The lowest BCUT2D eigenvalue weighted by Crippen LogP contribution is -2.10. The molecule has 142 valence electrons. The lowest BCUT2D eigenvalue weighted by Gasteiger charge is -2.12. The van der Waals surface area contributed by atoms with Crippen LogP contribution in [-0.2, 0) is 6.54 Å². The molecule has 7 heteroatoms. The molecule has 0 spiro atoms. The van der Waals surface area contributed by atoms with Gasteiger partial charge >= 0.3 is 0 Å². The smallest absolute Gasteiger partial charge is 0.224 e. The standard InChI is InChI=1S/C19H29FN6/c1-4-6-7-8-11-26-17-16(12-21-18(25-17)22-14-9-10-14)24-19(26)23-15(5-2)13(3)20/h12,14H,4-11H2,1-3H3,(H,23,24)(H,21,22,25)/b15-13-. The molecule has 26 heavy (non-hydrogen) atoms. The second-order valence-corrected chi connectivity index (χ2v) is 6.96. The van der Waals surface area contributed by atoms with E-state index in [1.54, 1.807) is 6.20 Å². The molecule has 2 aromatic rings. The van der Waals surface area contributed by atoms with Crippen molar-refractivity contribution in [1.29, 1.82) is 0 Å². The molecule has 0 saturated heterocycles. The second kappa shape index (κ2) is 8.47. The Labute approximate surface area is 154 Å². The largest absolute Gasteiger partial charge is 0.351 e. The molecule has 0 aliphatic heterocycles. The highest BCUT2D eigenvalue weighted by molar-refractivity contribution is 5.75. The number of halogens is 1. The van der Waals surface area contributed by atoms with E-state index in [1.807, 2.05) is 6.92 Å². The van der Waals surface area contributed by atoms with Crippen LogP contribution in [0.1, 0.15) is 65.7 Å². The highest BCUT2D eigenvalue weighted by Gasteiger charge is 2.22. The van der Waals surface area contributed by atoms with Crippen LogP contribution in [-0.4, -0.2) is 25.6 Å². The highest BCUT2D eigenvalue weighted by Crippen LogP contribution is 2.26. The van der Waals surface area contributed by atoms with E-state index in [4.69, 9.17) is 0 Å². The topological polar surface area (TPSA) is 67.7 Å². The van der Waals surface area contributed by atoms with Crippen LogP contribution in [0.2, 0.25) is 0 Å². The maximum atomic E-state index is 13.7. The van der Waals surface area contributed by atoms with Gasteiger partial charge in [-0.2, -0.15) is 4.98 Å². The average molecular weight is 360 g/mol. The summed E-state index contributed by atoms with van der Waals surface area (Å²) >= 11 is 0. The van der Waals surface area contributed by atoms with Gasteiger partial charge in [-0.05, 0) is 32.6 Å². The van der Waals surface area contributed by atoms with Crippen molar-refractivity contribution in [1.82, 2.24) is 19.5 Å². The maximum absolute atomic E-state index is 13.7. The van der Waals surface area contributed by atoms with Gasteiger partial charge in [-0.3, -0.25) is 4.57 Å². The van der Waals surface area contributed by atoms with Crippen LogP contribution < -0.4 is 10.6 Å². The molecule has 1 saturated carbocycles. The van der Waals surface area contributed by atoms with Crippen molar-refractivity contribution >= 4 is 23.1 Å². The van der Waals surface area contributed by atoms with Gasteiger partial charge in [0.25, 0.3) is 0 Å². The Morgan fingerprint density at radius 1 is 1.23 bits per heavy atom. The quantitative estimate of drug-likeness (QED) is 0.583. The van der Waals surface area contributed by atoms with E-state index in [9.17, 15) is 4.39 Å². The predicted octanol–water partition coefficient (Wildman–Crippen LogP) is 5.00. The van der Waals surface area contributed by atoms with Crippen LogP contribution >= 0.6 is 0 Å². The Morgan fingerprint density at radius 2 is 2.04 bits per heavy atom. The number of unbranched alkanes of at least 4 members (excludes halogenated alkanes) is 3. The zero-order valence-electron chi connectivity index (χ0n) is 16.0. The average Bonchev–Trinajstić information content (AvgIpc) is 3.37. The molecule has 0 atom stereocenters. The summed E-state index contributed by atoms with van der Waals surface area (Å²) in [5, 5.41) is 6.51. The van der Waals surface area contributed by atoms with Crippen molar-refractivity contribution in [2.75, 3.05) is 10.6 Å². The first-order valence-electron chi connectivity index (χ1n) is 9.74. The number of aromatic nitrogens is 4. The first-order valence-corrected chi connectivity index (χ1v) is 9.74. The number of rotatable bonds is 10. The molecule has 1 aliphatic carbocycles. The summed E-state index contributed by atoms with van der Waals surface area (Å²) in [6, 6.07) is 0.495. The van der Waals surface area contributed by atoms with Gasteiger partial charge in [0.2, 0.25) is 11.9 Å². The molecule has 6 nitrogen and oxygen atoms in total. The fourth-order valence-electron chi connectivity index (χ4n) is 2.96. The van der Waals surface area contributed by atoms with Crippen LogP contribution in [0.25, 0.3) is 11.2 Å². The lowest BCUT2D eigenvalue weighted by atomic mass is 10.2. The first-order chi connectivity index (χ1) is 12.6. The number of nitrogens with one attached hydrogen (secondary N) is 2. The summed E-state index contributed by atoms with van der Waals surface area (Å²) in [6.07, 6.45) is 9.28. The fourth-order valence-corrected chi connectivity index (χ4v) is 2.96. The number of hydrogen-bond donors (Lipinski definition) is 2. The molecule has 2 aromatic heterocycles. The summed E-state index contributed by atoms with van der Waals surface area (Å²) in [6.45, 7) is 6.40. The molecule has 0 bridgehead atoms. The summed E-state index contributed by atoms with van der Waals surface area (Å²) < 4.78 is 15.8. The lowest BCUT2D eigenvalue weighted by molar-refractivity contribution is 0.590. The molecule has 2 N–H and O–H groups in total. The van der Waals surface area contributed by atoms with Gasteiger partial charge in [-0.25, -0.2) is 14.4 Å². The molecular formula is C19H29FN6.